The Kier molecular flexibility index (Phi) is 2.78. The zero-order valence-electron chi connectivity index (χ0n) is 8.53. The molecular weight excluding hydrogens is 150 g/mol. The van der Waals surface area contributed by atoms with Gasteiger partial charge < -0.3 is 10.1 Å². The minimum absolute atomic E-state index is 0.277. The van der Waals surface area contributed by atoms with Crippen molar-refractivity contribution in [3.63, 3.8) is 0 Å². The van der Waals surface area contributed by atoms with Crippen molar-refractivity contribution >= 4 is 0 Å². The van der Waals surface area contributed by atoms with E-state index in [-0.39, 0.29) is 5.41 Å². The predicted molar refractivity (Wildman–Crippen MR) is 51.0 cm³/mol. The van der Waals surface area contributed by atoms with Crippen LogP contribution in [0.4, 0.5) is 0 Å². The maximum atomic E-state index is 5.43. The van der Waals surface area contributed by atoms with Gasteiger partial charge in [-0.25, -0.2) is 0 Å². The third kappa shape index (κ3) is 1.81. The highest BCUT2D eigenvalue weighted by molar-refractivity contribution is 5.25. The van der Waals surface area contributed by atoms with Gasteiger partial charge in [-0.05, 0) is 19.4 Å². The molecule has 0 aromatic heterocycles. The van der Waals surface area contributed by atoms with Gasteiger partial charge in [0.25, 0.3) is 0 Å². The van der Waals surface area contributed by atoms with E-state index in [4.69, 9.17) is 4.74 Å². The molecule has 1 rings (SSSR count). The summed E-state index contributed by atoms with van der Waals surface area (Å²) in [5, 5.41) is 3.37. The Bertz CT molecular complexity index is 194. The van der Waals surface area contributed by atoms with Crippen molar-refractivity contribution in [1.29, 1.82) is 0 Å². The van der Waals surface area contributed by atoms with Gasteiger partial charge in [0.1, 0.15) is 0 Å². The van der Waals surface area contributed by atoms with Gasteiger partial charge in [0.15, 0.2) is 0 Å². The summed E-state index contributed by atoms with van der Waals surface area (Å²) in [6, 6.07) is 0. The molecule has 0 spiro atoms. The molecule has 0 fully saturated rings. The molecule has 0 amide bonds. The lowest BCUT2D eigenvalue weighted by molar-refractivity contribution is 0.158. The highest BCUT2D eigenvalue weighted by atomic mass is 16.5. The van der Waals surface area contributed by atoms with Gasteiger partial charge in [-0.1, -0.05) is 13.8 Å². The molecule has 0 aliphatic carbocycles. The number of nitrogens with one attached hydrogen (secondary N) is 1. The van der Waals surface area contributed by atoms with Crippen LogP contribution in [0, 0.1) is 5.41 Å². The molecule has 12 heavy (non-hydrogen) atoms. The molecule has 1 N–H and O–H groups in total. The van der Waals surface area contributed by atoms with Crippen LogP contribution in [0.5, 0.6) is 0 Å². The molecule has 0 saturated carbocycles. The molecule has 70 valence electrons. The van der Waals surface area contributed by atoms with Gasteiger partial charge in [-0.15, -0.1) is 0 Å². The van der Waals surface area contributed by atoms with Crippen molar-refractivity contribution in [3.05, 3.63) is 11.3 Å². The molecule has 0 unspecified atom stereocenters. The molecule has 0 aromatic rings. The Morgan fingerprint density at radius 1 is 1.50 bits per heavy atom. The lowest BCUT2D eigenvalue weighted by atomic mass is 9.86. The first-order chi connectivity index (χ1) is 5.58. The minimum atomic E-state index is 0.277. The van der Waals surface area contributed by atoms with E-state index < -0.39 is 0 Å². The zero-order valence-corrected chi connectivity index (χ0v) is 8.53. The van der Waals surface area contributed by atoms with Crippen LogP contribution >= 0.6 is 0 Å². The van der Waals surface area contributed by atoms with Crippen molar-refractivity contribution < 1.29 is 4.74 Å². The third-order valence-electron chi connectivity index (χ3n) is 2.52. The Morgan fingerprint density at radius 2 is 2.17 bits per heavy atom. The van der Waals surface area contributed by atoms with E-state index in [0.717, 1.165) is 19.8 Å². The molecule has 0 radical (unpaired) electrons. The smallest absolute Gasteiger partial charge is 0.0702 e. The second-order valence-electron chi connectivity index (χ2n) is 3.98. The fourth-order valence-electron chi connectivity index (χ4n) is 1.58. The molecule has 0 saturated heterocycles. The minimum Gasteiger partial charge on any atom is -0.388 e. The first-order valence-corrected chi connectivity index (χ1v) is 4.60. The second kappa shape index (κ2) is 3.48. The average molecular weight is 169 g/mol. The van der Waals surface area contributed by atoms with E-state index in [1.807, 2.05) is 6.92 Å². The van der Waals surface area contributed by atoms with Crippen molar-refractivity contribution in [2.45, 2.75) is 27.7 Å². The molecule has 0 bridgehead atoms. The molecule has 1 heterocycles. The van der Waals surface area contributed by atoms with Crippen LogP contribution in [-0.4, -0.2) is 19.8 Å². The summed E-state index contributed by atoms with van der Waals surface area (Å²) in [5.41, 5.74) is 3.00. The van der Waals surface area contributed by atoms with E-state index >= 15 is 0 Å². The average Bonchev–Trinajstić information content (AvgIpc) is 2.24. The summed E-state index contributed by atoms with van der Waals surface area (Å²) in [6.07, 6.45) is 0. The van der Waals surface area contributed by atoms with E-state index in [0.29, 0.717) is 0 Å². The second-order valence-corrected chi connectivity index (χ2v) is 3.98. The SMILES string of the molecule is CCOCC1=C(C)NCC1(C)C. The molecular formula is C10H19NO. The largest absolute Gasteiger partial charge is 0.388 e. The first kappa shape index (κ1) is 9.59. The van der Waals surface area contributed by atoms with Crippen LogP contribution < -0.4 is 5.32 Å². The van der Waals surface area contributed by atoms with Crippen molar-refractivity contribution in [1.82, 2.24) is 5.32 Å². The standard InChI is InChI=1S/C10H19NO/c1-5-12-6-9-8(2)11-7-10(9,3)4/h11H,5-7H2,1-4H3. The summed E-state index contributed by atoms with van der Waals surface area (Å²) < 4.78 is 5.43. The van der Waals surface area contributed by atoms with E-state index in [2.05, 4.69) is 26.1 Å². The number of allylic oxidation sites excluding steroid dienone is 1. The highest BCUT2D eigenvalue weighted by Crippen LogP contribution is 2.32. The van der Waals surface area contributed by atoms with Crippen molar-refractivity contribution in [2.75, 3.05) is 19.8 Å². The fraction of sp³-hybridized carbons (Fsp3) is 0.800. The molecule has 2 nitrogen and oxygen atoms in total. The van der Waals surface area contributed by atoms with Gasteiger partial charge in [-0.3, -0.25) is 0 Å². The highest BCUT2D eigenvalue weighted by Gasteiger charge is 2.30. The van der Waals surface area contributed by atoms with Crippen LogP contribution in [-0.2, 0) is 4.74 Å². The lowest BCUT2D eigenvalue weighted by Crippen LogP contribution is -2.21. The number of hydrogen-bond acceptors (Lipinski definition) is 2. The van der Waals surface area contributed by atoms with Gasteiger partial charge in [0.05, 0.1) is 6.61 Å². The summed E-state index contributed by atoms with van der Waals surface area (Å²) in [6.45, 7) is 11.3. The van der Waals surface area contributed by atoms with E-state index in [9.17, 15) is 0 Å². The number of rotatable bonds is 3. The van der Waals surface area contributed by atoms with Crippen LogP contribution in [0.1, 0.15) is 27.7 Å². The van der Waals surface area contributed by atoms with E-state index in [1.165, 1.54) is 11.3 Å². The Balaban J connectivity index is 2.63. The van der Waals surface area contributed by atoms with Crippen molar-refractivity contribution in [2.24, 2.45) is 5.41 Å². The zero-order chi connectivity index (χ0) is 9.19. The molecule has 0 aromatic carbocycles. The summed E-state index contributed by atoms with van der Waals surface area (Å²) in [4.78, 5) is 0. The maximum absolute atomic E-state index is 5.43. The first-order valence-electron chi connectivity index (χ1n) is 4.60. The van der Waals surface area contributed by atoms with Gasteiger partial charge in [0, 0.05) is 24.3 Å². The summed E-state index contributed by atoms with van der Waals surface area (Å²) in [7, 11) is 0. The number of hydrogen-bond donors (Lipinski definition) is 1. The maximum Gasteiger partial charge on any atom is 0.0702 e. The Labute approximate surface area is 75.0 Å². The quantitative estimate of drug-likeness (QED) is 0.697. The molecule has 2 heteroatoms. The van der Waals surface area contributed by atoms with Gasteiger partial charge in [0.2, 0.25) is 0 Å². The van der Waals surface area contributed by atoms with Gasteiger partial charge in [-0.2, -0.15) is 0 Å². The fourth-order valence-corrected chi connectivity index (χ4v) is 1.58. The monoisotopic (exact) mass is 169 g/mol. The summed E-state index contributed by atoms with van der Waals surface area (Å²) in [5.74, 6) is 0. The van der Waals surface area contributed by atoms with E-state index in [1.54, 1.807) is 0 Å². The Hall–Kier alpha value is -0.500. The van der Waals surface area contributed by atoms with Crippen LogP contribution in [0.25, 0.3) is 0 Å². The van der Waals surface area contributed by atoms with Crippen LogP contribution in [0.2, 0.25) is 0 Å². The molecule has 1 aliphatic heterocycles. The molecule has 0 atom stereocenters. The predicted octanol–water partition coefficient (Wildman–Crippen LogP) is 1.93. The third-order valence-corrected chi connectivity index (χ3v) is 2.52. The summed E-state index contributed by atoms with van der Waals surface area (Å²) >= 11 is 0. The normalized spacial score (nSPS) is 21.3. The number of ether oxygens (including phenoxy) is 1. The Morgan fingerprint density at radius 3 is 2.58 bits per heavy atom. The van der Waals surface area contributed by atoms with Gasteiger partial charge >= 0.3 is 0 Å². The van der Waals surface area contributed by atoms with Crippen LogP contribution in [0.15, 0.2) is 11.3 Å². The lowest BCUT2D eigenvalue weighted by Gasteiger charge is -2.20. The van der Waals surface area contributed by atoms with Crippen molar-refractivity contribution in [3.8, 4) is 0 Å². The molecule has 1 aliphatic rings. The topological polar surface area (TPSA) is 21.3 Å². The van der Waals surface area contributed by atoms with Crippen LogP contribution in [0.3, 0.4) is 0 Å².